The molecule has 1 unspecified atom stereocenters. The molecular formula is C19H35N5O2. The van der Waals surface area contributed by atoms with Crippen molar-refractivity contribution in [3.05, 3.63) is 11.9 Å². The Morgan fingerprint density at radius 1 is 1.23 bits per heavy atom. The van der Waals surface area contributed by atoms with Gasteiger partial charge in [0.2, 0.25) is 5.91 Å². The van der Waals surface area contributed by atoms with Crippen molar-refractivity contribution in [3.8, 4) is 0 Å². The monoisotopic (exact) mass is 365 g/mol. The van der Waals surface area contributed by atoms with Gasteiger partial charge < -0.3 is 10.0 Å². The van der Waals surface area contributed by atoms with Crippen molar-refractivity contribution in [3.63, 3.8) is 0 Å². The molecule has 0 saturated carbocycles. The summed E-state index contributed by atoms with van der Waals surface area (Å²) in [6, 6.07) is -0.705. The first kappa shape index (κ1) is 20.8. The maximum atomic E-state index is 13.0. The first-order valence-corrected chi connectivity index (χ1v) is 9.86. The minimum Gasteiger partial charge on any atom is -0.391 e. The first-order chi connectivity index (χ1) is 12.2. The second-order valence-electron chi connectivity index (χ2n) is 8.32. The van der Waals surface area contributed by atoms with E-state index in [0.717, 1.165) is 44.5 Å². The molecule has 26 heavy (non-hydrogen) atoms. The van der Waals surface area contributed by atoms with E-state index in [1.165, 1.54) is 0 Å². The fourth-order valence-electron chi connectivity index (χ4n) is 3.45. The lowest BCUT2D eigenvalue weighted by Gasteiger charge is -2.43. The van der Waals surface area contributed by atoms with Crippen LogP contribution >= 0.6 is 0 Å². The van der Waals surface area contributed by atoms with Gasteiger partial charge in [0.15, 0.2) is 6.04 Å². The number of aliphatic hydroxyl groups excluding tert-OH is 1. The molecule has 2 rings (SSSR count). The average molecular weight is 366 g/mol. The summed E-state index contributed by atoms with van der Waals surface area (Å²) in [5, 5.41) is 18.5. The van der Waals surface area contributed by atoms with Gasteiger partial charge in [0, 0.05) is 37.9 Å². The maximum Gasteiger partial charge on any atom is 0.250 e. The van der Waals surface area contributed by atoms with Gasteiger partial charge in [-0.1, -0.05) is 25.0 Å². The average Bonchev–Trinajstić information content (AvgIpc) is 3.02. The standard InChI is InChI=1S/C19H35N5O2/c1-6-7-8-9-16-14-24(21-20-16)17(15(2)25)18(26)22-10-12-23(13-11-22)19(3,4)5/h14-15,17,25H,6-13H2,1-5H3/t15?,17-/m0/s1. The summed E-state index contributed by atoms with van der Waals surface area (Å²) in [5.41, 5.74) is 0.993. The number of carbonyl (C=O) groups excluding carboxylic acids is 1. The molecule has 1 fully saturated rings. The van der Waals surface area contributed by atoms with Gasteiger partial charge in [0.1, 0.15) is 0 Å². The van der Waals surface area contributed by atoms with E-state index in [1.807, 2.05) is 11.1 Å². The summed E-state index contributed by atoms with van der Waals surface area (Å²) in [5.74, 6) is -0.0708. The molecule has 7 nitrogen and oxygen atoms in total. The van der Waals surface area contributed by atoms with E-state index in [4.69, 9.17) is 0 Å². The van der Waals surface area contributed by atoms with Crippen LogP contribution in [0.25, 0.3) is 0 Å². The van der Waals surface area contributed by atoms with Gasteiger partial charge in [-0.25, -0.2) is 4.68 Å². The van der Waals surface area contributed by atoms with E-state index in [-0.39, 0.29) is 11.4 Å². The molecule has 0 spiro atoms. The number of aromatic nitrogens is 3. The number of aryl methyl sites for hydroxylation is 1. The summed E-state index contributed by atoms with van der Waals surface area (Å²) in [7, 11) is 0. The topological polar surface area (TPSA) is 74.5 Å². The van der Waals surface area contributed by atoms with Gasteiger partial charge >= 0.3 is 0 Å². The Morgan fingerprint density at radius 3 is 2.42 bits per heavy atom. The second-order valence-corrected chi connectivity index (χ2v) is 8.32. The van der Waals surface area contributed by atoms with E-state index < -0.39 is 12.1 Å². The summed E-state index contributed by atoms with van der Waals surface area (Å²) in [6.45, 7) is 13.4. The molecule has 0 aromatic carbocycles. The zero-order chi connectivity index (χ0) is 19.3. The Morgan fingerprint density at radius 2 is 1.88 bits per heavy atom. The number of unbranched alkanes of at least 4 members (excludes halogenated alkanes) is 2. The Hall–Kier alpha value is -1.47. The highest BCUT2D eigenvalue weighted by Gasteiger charge is 2.34. The second kappa shape index (κ2) is 8.95. The van der Waals surface area contributed by atoms with Crippen LogP contribution in [-0.4, -0.2) is 73.6 Å². The lowest BCUT2D eigenvalue weighted by Crippen LogP contribution is -2.56. The fraction of sp³-hybridized carbons (Fsp3) is 0.842. The Bertz CT molecular complexity index is 571. The van der Waals surface area contributed by atoms with Crippen LogP contribution in [0.2, 0.25) is 0 Å². The number of hydrogen-bond donors (Lipinski definition) is 1. The molecule has 1 saturated heterocycles. The molecule has 1 N–H and O–H groups in total. The number of carbonyl (C=O) groups is 1. The Balaban J connectivity index is 2.02. The number of aliphatic hydroxyl groups is 1. The predicted octanol–water partition coefficient (Wildman–Crippen LogP) is 1.88. The van der Waals surface area contributed by atoms with Crippen LogP contribution in [0.1, 0.15) is 65.6 Å². The van der Waals surface area contributed by atoms with Crippen LogP contribution in [0.4, 0.5) is 0 Å². The lowest BCUT2D eigenvalue weighted by molar-refractivity contribution is -0.140. The van der Waals surface area contributed by atoms with Crippen LogP contribution in [0.15, 0.2) is 6.20 Å². The quantitative estimate of drug-likeness (QED) is 0.747. The minimum absolute atomic E-state index is 0.0708. The molecular weight excluding hydrogens is 330 g/mol. The summed E-state index contributed by atoms with van der Waals surface area (Å²) in [4.78, 5) is 17.3. The Kier molecular flexibility index (Phi) is 7.17. The molecule has 2 atom stereocenters. The van der Waals surface area contributed by atoms with Crippen LogP contribution < -0.4 is 0 Å². The van der Waals surface area contributed by atoms with Crippen LogP contribution in [0.3, 0.4) is 0 Å². The van der Waals surface area contributed by atoms with Crippen molar-refractivity contribution < 1.29 is 9.90 Å². The minimum atomic E-state index is -0.812. The van der Waals surface area contributed by atoms with Crippen molar-refractivity contribution in [2.75, 3.05) is 26.2 Å². The summed E-state index contributed by atoms with van der Waals surface area (Å²) >= 11 is 0. The lowest BCUT2D eigenvalue weighted by atomic mass is 10.0. The fourth-order valence-corrected chi connectivity index (χ4v) is 3.45. The van der Waals surface area contributed by atoms with E-state index in [9.17, 15) is 9.90 Å². The highest BCUT2D eigenvalue weighted by molar-refractivity contribution is 5.81. The molecule has 1 aliphatic heterocycles. The molecule has 1 amide bonds. The number of nitrogens with zero attached hydrogens (tertiary/aromatic N) is 5. The van der Waals surface area contributed by atoms with Crippen LogP contribution in [0.5, 0.6) is 0 Å². The molecule has 7 heteroatoms. The van der Waals surface area contributed by atoms with E-state index in [2.05, 4.69) is 42.9 Å². The first-order valence-electron chi connectivity index (χ1n) is 9.86. The molecule has 2 heterocycles. The zero-order valence-electron chi connectivity index (χ0n) is 17.0. The van der Waals surface area contributed by atoms with Crippen LogP contribution in [-0.2, 0) is 11.2 Å². The number of amides is 1. The highest BCUT2D eigenvalue weighted by atomic mass is 16.3. The van der Waals surface area contributed by atoms with Gasteiger partial charge in [0.25, 0.3) is 0 Å². The SMILES string of the molecule is CCCCCc1cn([C@H](C(=O)N2CCN(C(C)(C)C)CC2)C(C)O)nn1. The normalized spacial score (nSPS) is 18.8. The van der Waals surface area contributed by atoms with Crippen molar-refractivity contribution in [1.82, 2.24) is 24.8 Å². The van der Waals surface area contributed by atoms with E-state index in [1.54, 1.807) is 11.6 Å². The zero-order valence-corrected chi connectivity index (χ0v) is 17.0. The highest BCUT2D eigenvalue weighted by Crippen LogP contribution is 2.20. The third kappa shape index (κ3) is 5.27. The van der Waals surface area contributed by atoms with Crippen molar-refractivity contribution in [2.45, 2.75) is 78.0 Å². The van der Waals surface area contributed by atoms with Gasteiger partial charge in [-0.15, -0.1) is 5.10 Å². The molecule has 1 aliphatic rings. The molecule has 1 aromatic heterocycles. The van der Waals surface area contributed by atoms with Gasteiger partial charge in [0.05, 0.1) is 11.8 Å². The molecule has 148 valence electrons. The van der Waals surface area contributed by atoms with Crippen molar-refractivity contribution in [2.24, 2.45) is 0 Å². The molecule has 0 bridgehead atoms. The van der Waals surface area contributed by atoms with Crippen LogP contribution in [0, 0.1) is 0 Å². The van der Waals surface area contributed by atoms with Gasteiger partial charge in [-0.05, 0) is 40.5 Å². The van der Waals surface area contributed by atoms with E-state index in [0.29, 0.717) is 13.1 Å². The van der Waals surface area contributed by atoms with Gasteiger partial charge in [-0.3, -0.25) is 9.69 Å². The molecule has 0 radical (unpaired) electrons. The molecule has 1 aromatic rings. The van der Waals surface area contributed by atoms with Crippen molar-refractivity contribution >= 4 is 5.91 Å². The number of hydrogen-bond acceptors (Lipinski definition) is 5. The van der Waals surface area contributed by atoms with Crippen molar-refractivity contribution in [1.29, 1.82) is 0 Å². The van der Waals surface area contributed by atoms with Gasteiger partial charge in [-0.2, -0.15) is 0 Å². The summed E-state index contributed by atoms with van der Waals surface area (Å²) in [6.07, 6.45) is 5.24. The third-order valence-electron chi connectivity index (χ3n) is 5.13. The maximum absolute atomic E-state index is 13.0. The largest absolute Gasteiger partial charge is 0.391 e. The predicted molar refractivity (Wildman–Crippen MR) is 102 cm³/mol. The molecule has 0 aliphatic carbocycles. The number of piperazine rings is 1. The summed E-state index contributed by atoms with van der Waals surface area (Å²) < 4.78 is 1.55. The smallest absolute Gasteiger partial charge is 0.250 e. The third-order valence-corrected chi connectivity index (χ3v) is 5.13. The van der Waals surface area contributed by atoms with E-state index >= 15 is 0 Å². The number of rotatable bonds is 7. The Labute approximate surface area is 157 Å².